The first-order valence-corrected chi connectivity index (χ1v) is 8.71. The molecule has 0 aromatic heterocycles. The largest absolute Gasteiger partial charge is 0.329 e. The highest BCUT2D eigenvalue weighted by atomic mass is 15.2. The summed E-state index contributed by atoms with van der Waals surface area (Å²) >= 11 is 0. The van der Waals surface area contributed by atoms with Gasteiger partial charge in [0.25, 0.3) is 0 Å². The smallest absolute Gasteiger partial charge is 0.0113 e. The fourth-order valence-electron chi connectivity index (χ4n) is 2.90. The Hall–Kier alpha value is -0.120. The normalized spacial score (nSPS) is 20.4. The highest BCUT2D eigenvalue weighted by molar-refractivity contribution is 4.76. The number of hydrogen-bond acceptors (Lipinski definition) is 3. The number of piperidine rings is 1. The first-order valence-electron chi connectivity index (χ1n) is 8.71. The van der Waals surface area contributed by atoms with Crippen molar-refractivity contribution in [1.29, 1.82) is 0 Å². The Balaban J connectivity index is 0.00000172. The highest BCUT2D eigenvalue weighted by Crippen LogP contribution is 2.23. The zero-order valence-corrected chi connectivity index (χ0v) is 14.9. The Morgan fingerprint density at radius 2 is 1.80 bits per heavy atom. The Kier molecular flexibility index (Phi) is 11.5. The Bertz CT molecular complexity index is 216. The van der Waals surface area contributed by atoms with Crippen LogP contribution in [-0.2, 0) is 0 Å². The van der Waals surface area contributed by atoms with Gasteiger partial charge in [-0.15, -0.1) is 0 Å². The summed E-state index contributed by atoms with van der Waals surface area (Å²) in [6.45, 7) is 20.0. The van der Waals surface area contributed by atoms with Crippen molar-refractivity contribution in [3.8, 4) is 0 Å². The van der Waals surface area contributed by atoms with Gasteiger partial charge in [0.2, 0.25) is 0 Å². The number of likely N-dealkylation sites (tertiary alicyclic amines) is 1. The second-order valence-corrected chi connectivity index (χ2v) is 6.37. The van der Waals surface area contributed by atoms with Gasteiger partial charge in [0.15, 0.2) is 0 Å². The van der Waals surface area contributed by atoms with E-state index in [9.17, 15) is 0 Å². The molecule has 0 saturated carbocycles. The number of rotatable bonds is 7. The van der Waals surface area contributed by atoms with Crippen LogP contribution in [0.15, 0.2) is 0 Å². The molecule has 1 unspecified atom stereocenters. The first kappa shape index (κ1) is 19.9. The summed E-state index contributed by atoms with van der Waals surface area (Å²) in [4.78, 5) is 5.15. The van der Waals surface area contributed by atoms with Crippen LogP contribution in [0.2, 0.25) is 0 Å². The molecule has 122 valence electrons. The minimum atomic E-state index is 0.610. The van der Waals surface area contributed by atoms with Gasteiger partial charge >= 0.3 is 0 Å². The zero-order valence-electron chi connectivity index (χ0n) is 14.9. The molecule has 0 radical (unpaired) electrons. The SMILES string of the molecule is CC.CC(C)C1CCCN(CCN(CCN)C(C)C)C1. The second kappa shape index (κ2) is 11.5. The summed E-state index contributed by atoms with van der Waals surface area (Å²) in [7, 11) is 0. The lowest BCUT2D eigenvalue weighted by Crippen LogP contribution is -2.44. The molecule has 0 aromatic rings. The molecule has 0 spiro atoms. The zero-order chi connectivity index (χ0) is 15.5. The third kappa shape index (κ3) is 7.61. The molecule has 0 amide bonds. The van der Waals surface area contributed by atoms with E-state index in [4.69, 9.17) is 5.73 Å². The number of nitrogens with zero attached hydrogens (tertiary/aromatic N) is 2. The lowest BCUT2D eigenvalue weighted by Gasteiger charge is -2.36. The van der Waals surface area contributed by atoms with Crippen molar-refractivity contribution in [2.24, 2.45) is 17.6 Å². The summed E-state index contributed by atoms with van der Waals surface area (Å²) in [5.74, 6) is 1.74. The van der Waals surface area contributed by atoms with Crippen molar-refractivity contribution in [2.75, 3.05) is 39.3 Å². The molecule has 1 aliphatic rings. The molecule has 2 N–H and O–H groups in total. The highest BCUT2D eigenvalue weighted by Gasteiger charge is 2.22. The van der Waals surface area contributed by atoms with Gasteiger partial charge in [-0.1, -0.05) is 27.7 Å². The van der Waals surface area contributed by atoms with E-state index in [0.29, 0.717) is 6.04 Å². The molecule has 0 aliphatic carbocycles. The molecule has 3 nitrogen and oxygen atoms in total. The van der Waals surface area contributed by atoms with Gasteiger partial charge in [-0.25, -0.2) is 0 Å². The van der Waals surface area contributed by atoms with E-state index < -0.39 is 0 Å². The molecule has 0 bridgehead atoms. The molecule has 3 heteroatoms. The maximum absolute atomic E-state index is 5.68. The fraction of sp³-hybridized carbons (Fsp3) is 1.00. The van der Waals surface area contributed by atoms with Gasteiger partial charge in [-0.05, 0) is 45.1 Å². The second-order valence-electron chi connectivity index (χ2n) is 6.37. The van der Waals surface area contributed by atoms with Gasteiger partial charge in [-0.3, -0.25) is 4.90 Å². The van der Waals surface area contributed by atoms with Crippen LogP contribution in [0.25, 0.3) is 0 Å². The third-order valence-corrected chi connectivity index (χ3v) is 4.33. The summed E-state index contributed by atoms with van der Waals surface area (Å²) in [5.41, 5.74) is 5.68. The molecular weight excluding hydrogens is 246 g/mol. The van der Waals surface area contributed by atoms with Crippen LogP contribution in [-0.4, -0.2) is 55.1 Å². The molecule has 1 heterocycles. The van der Waals surface area contributed by atoms with Crippen LogP contribution in [0.5, 0.6) is 0 Å². The first-order chi connectivity index (χ1) is 9.54. The summed E-state index contributed by atoms with van der Waals surface area (Å²) in [6, 6.07) is 0.610. The van der Waals surface area contributed by atoms with E-state index in [0.717, 1.165) is 24.9 Å². The standard InChI is InChI=1S/C15H33N3.C2H6/c1-13(2)15-6-5-8-17(12-15)10-11-18(9-7-16)14(3)4;1-2/h13-15H,5-12,16H2,1-4H3;1-2H3. The monoisotopic (exact) mass is 285 g/mol. The molecule has 1 rings (SSSR count). The lowest BCUT2D eigenvalue weighted by atomic mass is 9.88. The van der Waals surface area contributed by atoms with Crippen LogP contribution >= 0.6 is 0 Å². The van der Waals surface area contributed by atoms with Crippen molar-refractivity contribution in [1.82, 2.24) is 9.80 Å². The van der Waals surface area contributed by atoms with Gasteiger partial charge in [0.1, 0.15) is 0 Å². The lowest BCUT2D eigenvalue weighted by molar-refractivity contribution is 0.119. The van der Waals surface area contributed by atoms with Crippen molar-refractivity contribution in [2.45, 2.75) is 60.4 Å². The van der Waals surface area contributed by atoms with Gasteiger partial charge < -0.3 is 10.6 Å². The molecule has 0 aromatic carbocycles. The van der Waals surface area contributed by atoms with Crippen molar-refractivity contribution < 1.29 is 0 Å². The molecule has 1 fully saturated rings. The summed E-state index contributed by atoms with van der Waals surface area (Å²) in [6.07, 6.45) is 2.80. The van der Waals surface area contributed by atoms with Crippen molar-refractivity contribution in [3.05, 3.63) is 0 Å². The average molecular weight is 286 g/mol. The maximum Gasteiger partial charge on any atom is 0.0113 e. The number of hydrogen-bond donors (Lipinski definition) is 1. The van der Waals surface area contributed by atoms with Crippen LogP contribution in [0.3, 0.4) is 0 Å². The predicted octanol–water partition coefficient (Wildman–Crippen LogP) is 3.05. The Morgan fingerprint density at radius 1 is 1.15 bits per heavy atom. The van der Waals surface area contributed by atoms with Gasteiger partial charge in [0, 0.05) is 38.8 Å². The van der Waals surface area contributed by atoms with Crippen LogP contribution in [0.4, 0.5) is 0 Å². The minimum Gasteiger partial charge on any atom is -0.329 e. The molecule has 20 heavy (non-hydrogen) atoms. The molecular formula is C17H39N3. The van der Waals surface area contributed by atoms with E-state index >= 15 is 0 Å². The Morgan fingerprint density at radius 3 is 2.30 bits per heavy atom. The van der Waals surface area contributed by atoms with E-state index in [-0.39, 0.29) is 0 Å². The molecule has 1 saturated heterocycles. The Labute approximate surface area is 127 Å². The van der Waals surface area contributed by atoms with Crippen molar-refractivity contribution in [3.63, 3.8) is 0 Å². The number of nitrogens with two attached hydrogens (primary N) is 1. The third-order valence-electron chi connectivity index (χ3n) is 4.33. The van der Waals surface area contributed by atoms with Crippen LogP contribution in [0, 0.1) is 11.8 Å². The van der Waals surface area contributed by atoms with E-state index in [1.54, 1.807) is 0 Å². The van der Waals surface area contributed by atoms with E-state index in [1.165, 1.54) is 39.0 Å². The minimum absolute atomic E-state index is 0.610. The molecule has 1 aliphatic heterocycles. The summed E-state index contributed by atoms with van der Waals surface area (Å²) in [5, 5.41) is 0. The topological polar surface area (TPSA) is 32.5 Å². The summed E-state index contributed by atoms with van der Waals surface area (Å²) < 4.78 is 0. The van der Waals surface area contributed by atoms with Crippen molar-refractivity contribution >= 4 is 0 Å². The average Bonchev–Trinajstić information content (AvgIpc) is 2.45. The van der Waals surface area contributed by atoms with Crippen LogP contribution < -0.4 is 5.73 Å². The molecule has 1 atom stereocenters. The quantitative estimate of drug-likeness (QED) is 0.780. The predicted molar refractivity (Wildman–Crippen MR) is 91.1 cm³/mol. The fourth-order valence-corrected chi connectivity index (χ4v) is 2.90. The van der Waals surface area contributed by atoms with Gasteiger partial charge in [0.05, 0.1) is 0 Å². The van der Waals surface area contributed by atoms with Crippen LogP contribution in [0.1, 0.15) is 54.4 Å². The van der Waals surface area contributed by atoms with E-state index in [1.807, 2.05) is 13.8 Å². The maximum atomic E-state index is 5.68. The van der Waals surface area contributed by atoms with Gasteiger partial charge in [-0.2, -0.15) is 0 Å². The van der Waals surface area contributed by atoms with E-state index in [2.05, 4.69) is 37.5 Å².